The predicted octanol–water partition coefficient (Wildman–Crippen LogP) is 3.72. The van der Waals surface area contributed by atoms with E-state index < -0.39 is 0 Å². The van der Waals surface area contributed by atoms with Crippen LogP contribution in [0.2, 0.25) is 5.02 Å². The Kier molecular flexibility index (Phi) is 3.98. The second-order valence-corrected chi connectivity index (χ2v) is 5.97. The molecule has 0 saturated heterocycles. The van der Waals surface area contributed by atoms with Crippen LogP contribution in [-0.4, -0.2) is 19.9 Å². The smallest absolute Gasteiger partial charge is 0.191 e. The summed E-state index contributed by atoms with van der Waals surface area (Å²) in [6, 6.07) is 9.47. The highest BCUT2D eigenvalue weighted by atomic mass is 35.5. The van der Waals surface area contributed by atoms with E-state index in [1.54, 1.807) is 11.8 Å². The van der Waals surface area contributed by atoms with Gasteiger partial charge in [0.2, 0.25) is 0 Å². The maximum absolute atomic E-state index is 5.90. The van der Waals surface area contributed by atoms with Crippen LogP contribution in [0.3, 0.4) is 0 Å². The van der Waals surface area contributed by atoms with Gasteiger partial charge in [0.25, 0.3) is 0 Å². The first kappa shape index (κ1) is 14.2. The van der Waals surface area contributed by atoms with Crippen molar-refractivity contribution in [2.24, 2.45) is 7.05 Å². The first-order valence-electron chi connectivity index (χ1n) is 6.34. The number of nitrogens with zero attached hydrogens (tertiary/aromatic N) is 4. The number of hydrogen-bond acceptors (Lipinski definition) is 5. The van der Waals surface area contributed by atoms with E-state index in [0.717, 1.165) is 28.0 Å². The Bertz CT molecular complexity index is 751. The molecule has 3 aromatic rings. The number of hydrogen-bond donors (Lipinski definition) is 0. The van der Waals surface area contributed by atoms with Crippen molar-refractivity contribution < 1.29 is 4.52 Å². The highest BCUT2D eigenvalue weighted by Gasteiger charge is 2.12. The van der Waals surface area contributed by atoms with Crippen LogP contribution < -0.4 is 0 Å². The molecule has 108 valence electrons. The van der Waals surface area contributed by atoms with Crippen LogP contribution in [0.5, 0.6) is 0 Å². The Morgan fingerprint density at radius 1 is 1.24 bits per heavy atom. The molecule has 0 atom stereocenters. The van der Waals surface area contributed by atoms with Crippen LogP contribution in [0.4, 0.5) is 0 Å². The van der Waals surface area contributed by atoms with Crippen molar-refractivity contribution >= 4 is 23.4 Å². The summed E-state index contributed by atoms with van der Waals surface area (Å²) in [6.45, 7) is 1.90. The number of benzene rings is 1. The summed E-state index contributed by atoms with van der Waals surface area (Å²) in [4.78, 5) is 0. The lowest BCUT2D eigenvalue weighted by Crippen LogP contribution is -1.94. The third-order valence-electron chi connectivity index (χ3n) is 2.96. The van der Waals surface area contributed by atoms with Crippen LogP contribution in [0.1, 0.15) is 11.5 Å². The summed E-state index contributed by atoms with van der Waals surface area (Å²) in [7, 11) is 1.94. The summed E-state index contributed by atoms with van der Waals surface area (Å²) in [5.41, 5.74) is 1.86. The second kappa shape index (κ2) is 5.91. The maximum atomic E-state index is 5.90. The fourth-order valence-corrected chi connectivity index (χ4v) is 2.82. The first-order valence-corrected chi connectivity index (χ1v) is 7.70. The molecule has 0 radical (unpaired) electrons. The lowest BCUT2D eigenvalue weighted by molar-refractivity contribution is 0.391. The third-order valence-corrected chi connectivity index (χ3v) is 4.25. The Hall–Kier alpha value is -1.79. The van der Waals surface area contributed by atoms with Gasteiger partial charge in [-0.05, 0) is 31.2 Å². The van der Waals surface area contributed by atoms with Gasteiger partial charge in [0.15, 0.2) is 11.0 Å². The molecule has 7 heteroatoms. The van der Waals surface area contributed by atoms with E-state index in [1.165, 1.54) is 0 Å². The molecule has 0 aliphatic rings. The maximum Gasteiger partial charge on any atom is 0.191 e. The molecule has 0 saturated carbocycles. The summed E-state index contributed by atoms with van der Waals surface area (Å²) >= 11 is 7.46. The van der Waals surface area contributed by atoms with Crippen molar-refractivity contribution in [1.29, 1.82) is 0 Å². The van der Waals surface area contributed by atoms with Gasteiger partial charge in [0.1, 0.15) is 5.76 Å². The van der Waals surface area contributed by atoms with Crippen molar-refractivity contribution in [3.63, 3.8) is 0 Å². The molecule has 0 amide bonds. The SMILES string of the molecule is Cc1cc(CSc2nnc(-c3ccc(Cl)cc3)n2C)on1. The van der Waals surface area contributed by atoms with Gasteiger partial charge in [-0.1, -0.05) is 28.5 Å². The largest absolute Gasteiger partial charge is 0.360 e. The van der Waals surface area contributed by atoms with Crippen molar-refractivity contribution in [1.82, 2.24) is 19.9 Å². The van der Waals surface area contributed by atoms with Gasteiger partial charge >= 0.3 is 0 Å². The lowest BCUT2D eigenvalue weighted by atomic mass is 10.2. The van der Waals surface area contributed by atoms with Crippen LogP contribution in [-0.2, 0) is 12.8 Å². The zero-order valence-electron chi connectivity index (χ0n) is 11.6. The first-order chi connectivity index (χ1) is 10.1. The third kappa shape index (κ3) is 3.11. The van der Waals surface area contributed by atoms with Gasteiger partial charge in [-0.3, -0.25) is 0 Å². The number of aryl methyl sites for hydroxylation is 1. The molecule has 0 unspecified atom stereocenters. The van der Waals surface area contributed by atoms with Crippen molar-refractivity contribution in [2.45, 2.75) is 17.8 Å². The topological polar surface area (TPSA) is 56.7 Å². The monoisotopic (exact) mass is 320 g/mol. The molecule has 3 rings (SSSR count). The zero-order valence-corrected chi connectivity index (χ0v) is 13.1. The molecule has 5 nitrogen and oxygen atoms in total. The van der Waals surface area contributed by atoms with E-state index in [9.17, 15) is 0 Å². The van der Waals surface area contributed by atoms with Gasteiger partial charge in [0, 0.05) is 23.7 Å². The summed E-state index contributed by atoms with van der Waals surface area (Å²) in [6.07, 6.45) is 0. The molecule has 2 aromatic heterocycles. The molecule has 0 fully saturated rings. The molecule has 21 heavy (non-hydrogen) atoms. The predicted molar refractivity (Wildman–Crippen MR) is 82.3 cm³/mol. The van der Waals surface area contributed by atoms with Crippen molar-refractivity contribution in [2.75, 3.05) is 0 Å². The molecule has 2 heterocycles. The Balaban J connectivity index is 1.77. The molecular formula is C14H13ClN4OS. The Labute approximate surface area is 131 Å². The Morgan fingerprint density at radius 2 is 2.00 bits per heavy atom. The van der Waals surface area contributed by atoms with E-state index in [-0.39, 0.29) is 0 Å². The molecule has 0 bridgehead atoms. The minimum Gasteiger partial charge on any atom is -0.360 e. The molecule has 0 spiro atoms. The quantitative estimate of drug-likeness (QED) is 0.686. The number of aromatic nitrogens is 4. The normalized spacial score (nSPS) is 11.0. The van der Waals surface area contributed by atoms with E-state index >= 15 is 0 Å². The van der Waals surface area contributed by atoms with Gasteiger partial charge in [0.05, 0.1) is 11.4 Å². The van der Waals surface area contributed by atoms with Gasteiger partial charge in [-0.2, -0.15) is 0 Å². The van der Waals surface area contributed by atoms with Gasteiger partial charge in [-0.25, -0.2) is 0 Å². The number of rotatable bonds is 4. The van der Waals surface area contributed by atoms with Crippen LogP contribution in [0.15, 0.2) is 40.0 Å². The highest BCUT2D eigenvalue weighted by molar-refractivity contribution is 7.98. The van der Waals surface area contributed by atoms with Gasteiger partial charge < -0.3 is 9.09 Å². The van der Waals surface area contributed by atoms with Crippen molar-refractivity contribution in [3.8, 4) is 11.4 Å². The highest BCUT2D eigenvalue weighted by Crippen LogP contribution is 2.26. The fraction of sp³-hybridized carbons (Fsp3) is 0.214. The fourth-order valence-electron chi connectivity index (χ4n) is 1.91. The molecule has 0 aliphatic carbocycles. The van der Waals surface area contributed by atoms with Gasteiger partial charge in [-0.15, -0.1) is 10.2 Å². The van der Waals surface area contributed by atoms with Crippen molar-refractivity contribution in [3.05, 3.63) is 46.8 Å². The molecule has 0 N–H and O–H groups in total. The minimum absolute atomic E-state index is 0.674. The van der Waals surface area contributed by atoms with E-state index in [1.807, 2.05) is 48.9 Å². The lowest BCUT2D eigenvalue weighted by Gasteiger charge is -2.03. The summed E-state index contributed by atoms with van der Waals surface area (Å²) in [5, 5.41) is 13.9. The standard InChI is InChI=1S/C14H13ClN4OS/c1-9-7-12(20-18-9)8-21-14-17-16-13(19(14)2)10-3-5-11(15)6-4-10/h3-7H,8H2,1-2H3. The second-order valence-electron chi connectivity index (χ2n) is 4.60. The molecule has 0 aliphatic heterocycles. The average molecular weight is 321 g/mol. The van der Waals surface area contributed by atoms with E-state index in [2.05, 4.69) is 15.4 Å². The summed E-state index contributed by atoms with van der Waals surface area (Å²) in [5.74, 6) is 2.31. The van der Waals surface area contributed by atoms with E-state index in [4.69, 9.17) is 16.1 Å². The zero-order chi connectivity index (χ0) is 14.8. The average Bonchev–Trinajstić information content (AvgIpc) is 3.04. The van der Waals surface area contributed by atoms with Crippen LogP contribution in [0.25, 0.3) is 11.4 Å². The summed E-state index contributed by atoms with van der Waals surface area (Å²) < 4.78 is 7.14. The minimum atomic E-state index is 0.674. The van der Waals surface area contributed by atoms with Crippen LogP contribution in [0, 0.1) is 6.92 Å². The number of halogens is 1. The number of thioether (sulfide) groups is 1. The van der Waals surface area contributed by atoms with Crippen LogP contribution >= 0.6 is 23.4 Å². The Morgan fingerprint density at radius 3 is 2.67 bits per heavy atom. The molecular weight excluding hydrogens is 308 g/mol. The molecule has 1 aromatic carbocycles. The van der Waals surface area contributed by atoms with E-state index in [0.29, 0.717) is 10.8 Å².